The van der Waals surface area contributed by atoms with Crippen LogP contribution in [0.5, 0.6) is 0 Å². The third-order valence-electron chi connectivity index (χ3n) is 1.87. The number of halogens is 3. The molecule has 18 heavy (non-hydrogen) atoms. The van der Waals surface area contributed by atoms with Crippen molar-refractivity contribution in [2.75, 3.05) is 17.6 Å². The zero-order chi connectivity index (χ0) is 13.9. The number of aliphatic hydroxyl groups is 1. The maximum absolute atomic E-state index is 12.0. The van der Waals surface area contributed by atoms with Gasteiger partial charge in [0.2, 0.25) is 11.6 Å². The molecule has 0 fully saturated rings. The third kappa shape index (κ3) is 3.16. The van der Waals surface area contributed by atoms with E-state index in [1.807, 2.05) is 5.32 Å². The first kappa shape index (κ1) is 13.9. The summed E-state index contributed by atoms with van der Waals surface area (Å²) >= 11 is 0. The summed E-state index contributed by atoms with van der Waals surface area (Å²) in [6, 6.07) is 0. The highest BCUT2D eigenvalue weighted by molar-refractivity contribution is 5.67. The normalized spacial score (nSPS) is 13.1. The largest absolute Gasteiger partial charge is 0.416 e. The van der Waals surface area contributed by atoms with E-state index in [0.29, 0.717) is 0 Å². The summed E-state index contributed by atoms with van der Waals surface area (Å²) in [5, 5.41) is 21.3. The van der Waals surface area contributed by atoms with Crippen molar-refractivity contribution in [3.8, 4) is 0 Å². The molecule has 1 aromatic heterocycles. The van der Waals surface area contributed by atoms with Crippen LogP contribution in [0.2, 0.25) is 0 Å². The molecule has 0 aliphatic carbocycles. The van der Waals surface area contributed by atoms with E-state index < -0.39 is 41.1 Å². The molecule has 11 heteroatoms. The summed E-state index contributed by atoms with van der Waals surface area (Å²) in [4.78, 5) is 16.4. The average Bonchev–Trinajstić information content (AvgIpc) is 2.23. The second-order valence-electron chi connectivity index (χ2n) is 3.15. The van der Waals surface area contributed by atoms with E-state index in [1.165, 1.54) is 0 Å². The van der Waals surface area contributed by atoms with Gasteiger partial charge in [0.15, 0.2) is 6.10 Å². The minimum atomic E-state index is -4.83. The van der Waals surface area contributed by atoms with Crippen LogP contribution in [0.3, 0.4) is 0 Å². The van der Waals surface area contributed by atoms with Crippen LogP contribution < -0.4 is 11.1 Å². The SMILES string of the molecule is Nc1ncnc(NCC(O)C(F)(F)F)c1[N+](=O)[O-]. The van der Waals surface area contributed by atoms with E-state index in [9.17, 15) is 23.3 Å². The molecule has 0 aliphatic rings. The van der Waals surface area contributed by atoms with E-state index >= 15 is 0 Å². The lowest BCUT2D eigenvalue weighted by Gasteiger charge is -2.15. The predicted octanol–water partition coefficient (Wildman–Crippen LogP) is 0.302. The fourth-order valence-corrected chi connectivity index (χ4v) is 1.01. The molecule has 0 radical (unpaired) electrons. The first-order chi connectivity index (χ1) is 8.23. The number of anilines is 2. The van der Waals surface area contributed by atoms with Crippen LogP contribution in [0, 0.1) is 10.1 Å². The van der Waals surface area contributed by atoms with E-state index in [-0.39, 0.29) is 0 Å². The van der Waals surface area contributed by atoms with E-state index in [1.54, 1.807) is 0 Å². The molecule has 0 spiro atoms. The average molecular weight is 267 g/mol. The van der Waals surface area contributed by atoms with Gasteiger partial charge in [0, 0.05) is 0 Å². The molecule has 1 atom stereocenters. The number of aliphatic hydroxyl groups excluding tert-OH is 1. The molecule has 0 aromatic carbocycles. The van der Waals surface area contributed by atoms with Gasteiger partial charge in [-0.2, -0.15) is 13.2 Å². The Bertz CT molecular complexity index is 452. The Kier molecular flexibility index (Phi) is 3.86. The second kappa shape index (κ2) is 5.00. The van der Waals surface area contributed by atoms with Crippen LogP contribution in [-0.2, 0) is 0 Å². The molecule has 0 saturated heterocycles. The van der Waals surface area contributed by atoms with Gasteiger partial charge in [0.1, 0.15) is 6.33 Å². The van der Waals surface area contributed by atoms with Crippen molar-refractivity contribution < 1.29 is 23.2 Å². The molecule has 1 aromatic rings. The van der Waals surface area contributed by atoms with Crippen molar-refractivity contribution in [1.29, 1.82) is 0 Å². The number of nitrogens with two attached hydrogens (primary N) is 1. The van der Waals surface area contributed by atoms with Crippen molar-refractivity contribution >= 4 is 17.3 Å². The number of nitrogens with one attached hydrogen (secondary N) is 1. The minimum Gasteiger partial charge on any atom is -0.382 e. The summed E-state index contributed by atoms with van der Waals surface area (Å²) in [5.41, 5.74) is 4.45. The van der Waals surface area contributed by atoms with Gasteiger partial charge in [-0.25, -0.2) is 9.97 Å². The van der Waals surface area contributed by atoms with Crippen LogP contribution >= 0.6 is 0 Å². The van der Waals surface area contributed by atoms with Crippen LogP contribution in [-0.4, -0.2) is 38.8 Å². The summed E-state index contributed by atoms with van der Waals surface area (Å²) in [6.07, 6.45) is -6.65. The number of alkyl halides is 3. The van der Waals surface area contributed by atoms with Crippen molar-refractivity contribution in [3.63, 3.8) is 0 Å². The number of hydrogen-bond donors (Lipinski definition) is 3. The molecule has 1 unspecified atom stereocenters. The van der Waals surface area contributed by atoms with Gasteiger partial charge in [-0.3, -0.25) is 10.1 Å². The van der Waals surface area contributed by atoms with Gasteiger partial charge in [-0.15, -0.1) is 0 Å². The van der Waals surface area contributed by atoms with Gasteiger partial charge in [0.05, 0.1) is 11.5 Å². The smallest absolute Gasteiger partial charge is 0.382 e. The topological polar surface area (TPSA) is 127 Å². The number of nitrogen functional groups attached to an aromatic ring is 1. The number of aromatic nitrogens is 2. The summed E-state index contributed by atoms with van der Waals surface area (Å²) in [5.74, 6) is -0.977. The first-order valence-electron chi connectivity index (χ1n) is 4.47. The van der Waals surface area contributed by atoms with Crippen LogP contribution in [0.25, 0.3) is 0 Å². The third-order valence-corrected chi connectivity index (χ3v) is 1.87. The summed E-state index contributed by atoms with van der Waals surface area (Å²) in [6.45, 7) is -0.985. The summed E-state index contributed by atoms with van der Waals surface area (Å²) < 4.78 is 36.0. The number of rotatable bonds is 4. The molecule has 1 heterocycles. The molecular formula is C7H8F3N5O3. The van der Waals surface area contributed by atoms with Crippen LogP contribution in [0.15, 0.2) is 6.33 Å². The fourth-order valence-electron chi connectivity index (χ4n) is 1.01. The van der Waals surface area contributed by atoms with E-state index in [2.05, 4.69) is 9.97 Å². The Morgan fingerprint density at radius 2 is 2.17 bits per heavy atom. The van der Waals surface area contributed by atoms with Gasteiger partial charge < -0.3 is 16.2 Å². The Hall–Kier alpha value is -2.17. The highest BCUT2D eigenvalue weighted by Crippen LogP contribution is 2.27. The van der Waals surface area contributed by atoms with Crippen LogP contribution in [0.4, 0.5) is 30.5 Å². The number of hydrogen-bond acceptors (Lipinski definition) is 7. The molecule has 100 valence electrons. The molecule has 0 saturated carbocycles. The Morgan fingerprint density at radius 3 is 2.67 bits per heavy atom. The monoisotopic (exact) mass is 267 g/mol. The highest BCUT2D eigenvalue weighted by atomic mass is 19.4. The zero-order valence-corrected chi connectivity index (χ0v) is 8.68. The maximum Gasteiger partial charge on any atom is 0.416 e. The van der Waals surface area contributed by atoms with Gasteiger partial charge >= 0.3 is 11.9 Å². The van der Waals surface area contributed by atoms with E-state index in [0.717, 1.165) is 6.33 Å². The summed E-state index contributed by atoms with van der Waals surface area (Å²) in [7, 11) is 0. The highest BCUT2D eigenvalue weighted by Gasteiger charge is 2.38. The molecule has 0 bridgehead atoms. The van der Waals surface area contributed by atoms with Gasteiger partial charge in [0.25, 0.3) is 0 Å². The quantitative estimate of drug-likeness (QED) is 0.528. The number of nitrogens with zero attached hydrogens (tertiary/aromatic N) is 3. The van der Waals surface area contributed by atoms with Crippen molar-refractivity contribution in [2.24, 2.45) is 0 Å². The zero-order valence-electron chi connectivity index (χ0n) is 8.68. The molecular weight excluding hydrogens is 259 g/mol. The lowest BCUT2D eigenvalue weighted by Crippen LogP contribution is -2.35. The van der Waals surface area contributed by atoms with Crippen molar-refractivity contribution in [2.45, 2.75) is 12.3 Å². The van der Waals surface area contributed by atoms with Gasteiger partial charge in [-0.1, -0.05) is 0 Å². The lowest BCUT2D eigenvalue weighted by molar-refractivity contribution is -0.383. The Morgan fingerprint density at radius 1 is 1.56 bits per heavy atom. The van der Waals surface area contributed by atoms with Gasteiger partial charge in [-0.05, 0) is 0 Å². The molecule has 0 aliphatic heterocycles. The second-order valence-corrected chi connectivity index (χ2v) is 3.15. The molecule has 1 rings (SSSR count). The van der Waals surface area contributed by atoms with Crippen molar-refractivity contribution in [1.82, 2.24) is 9.97 Å². The maximum atomic E-state index is 12.0. The predicted molar refractivity (Wildman–Crippen MR) is 53.7 cm³/mol. The Labute approximate surface area is 97.8 Å². The molecule has 0 amide bonds. The first-order valence-corrected chi connectivity index (χ1v) is 4.47. The van der Waals surface area contributed by atoms with Crippen LogP contribution in [0.1, 0.15) is 0 Å². The standard InChI is InChI=1S/C7H8F3N5O3/c8-7(9,10)3(16)1-12-6-4(15(17)18)5(11)13-2-14-6/h2-3,16H,1H2,(H3,11,12,13,14). The Balaban J connectivity index is 2.86. The number of nitro groups is 1. The lowest BCUT2D eigenvalue weighted by atomic mass is 10.3. The molecule has 4 N–H and O–H groups in total. The minimum absolute atomic E-state index is 0.487. The van der Waals surface area contributed by atoms with Crippen molar-refractivity contribution in [3.05, 3.63) is 16.4 Å². The fraction of sp³-hybridized carbons (Fsp3) is 0.429. The molecule has 8 nitrogen and oxygen atoms in total. The van der Waals surface area contributed by atoms with E-state index in [4.69, 9.17) is 10.8 Å².